The van der Waals surface area contributed by atoms with Crippen molar-refractivity contribution in [2.45, 2.75) is 20.3 Å². The average Bonchev–Trinajstić information content (AvgIpc) is 2.19. The molecule has 2 atom stereocenters. The highest BCUT2D eigenvalue weighted by molar-refractivity contribution is 5.31. The lowest BCUT2D eigenvalue weighted by atomic mass is 9.81. The van der Waals surface area contributed by atoms with E-state index in [9.17, 15) is 5.11 Å². The summed E-state index contributed by atoms with van der Waals surface area (Å²) in [5.74, 6) is 1.43. The lowest BCUT2D eigenvalue weighted by Gasteiger charge is -2.27. The number of hydrogen-bond acceptors (Lipinski definition) is 2. The quantitative estimate of drug-likeness (QED) is 0.699. The highest BCUT2D eigenvalue weighted by atomic mass is 16.5. The molecule has 0 bridgehead atoms. The number of rotatable bonds is 3. The van der Waals surface area contributed by atoms with Crippen molar-refractivity contribution in [3.05, 3.63) is 35.8 Å². The monoisotopic (exact) mass is 194 g/mol. The van der Waals surface area contributed by atoms with Gasteiger partial charge in [0.25, 0.3) is 0 Å². The number of methoxy groups -OCH3 is 1. The third kappa shape index (κ3) is 1.84. The Hall–Kier alpha value is -1.18. The van der Waals surface area contributed by atoms with Gasteiger partial charge in [-0.15, -0.1) is 6.58 Å². The fourth-order valence-electron chi connectivity index (χ4n) is 1.73. The van der Waals surface area contributed by atoms with Crippen molar-refractivity contribution in [2.75, 3.05) is 7.11 Å². The van der Waals surface area contributed by atoms with Gasteiger partial charge in [0.1, 0.15) is 5.76 Å². The van der Waals surface area contributed by atoms with E-state index in [1.165, 1.54) is 5.57 Å². The minimum absolute atomic E-state index is 0.130. The lowest BCUT2D eigenvalue weighted by molar-refractivity contribution is 0.220. The van der Waals surface area contributed by atoms with Gasteiger partial charge in [0.05, 0.1) is 7.11 Å². The molecule has 0 saturated heterocycles. The minimum Gasteiger partial charge on any atom is -0.508 e. The molecule has 0 aromatic rings. The molecule has 1 N–H and O–H groups in total. The van der Waals surface area contributed by atoms with E-state index in [-0.39, 0.29) is 5.92 Å². The van der Waals surface area contributed by atoms with Gasteiger partial charge in [-0.1, -0.05) is 25.5 Å². The maximum atomic E-state index is 9.78. The van der Waals surface area contributed by atoms with Crippen LogP contribution in [0.2, 0.25) is 0 Å². The Balaban J connectivity index is 3.01. The van der Waals surface area contributed by atoms with Crippen LogP contribution in [0.5, 0.6) is 0 Å². The topological polar surface area (TPSA) is 29.5 Å². The van der Waals surface area contributed by atoms with Crippen molar-refractivity contribution in [3.63, 3.8) is 0 Å². The van der Waals surface area contributed by atoms with Crippen LogP contribution in [0.15, 0.2) is 35.8 Å². The first-order valence-corrected chi connectivity index (χ1v) is 4.90. The van der Waals surface area contributed by atoms with E-state index in [0.29, 0.717) is 17.4 Å². The van der Waals surface area contributed by atoms with Gasteiger partial charge < -0.3 is 9.84 Å². The maximum absolute atomic E-state index is 9.78. The van der Waals surface area contributed by atoms with Crippen LogP contribution in [-0.2, 0) is 4.74 Å². The zero-order valence-electron chi connectivity index (χ0n) is 9.08. The van der Waals surface area contributed by atoms with Crippen molar-refractivity contribution in [1.82, 2.24) is 0 Å². The molecule has 0 aliphatic heterocycles. The smallest absolute Gasteiger partial charge is 0.156 e. The predicted molar refractivity (Wildman–Crippen MR) is 57.9 cm³/mol. The number of aliphatic hydroxyl groups excluding tert-OH is 1. The van der Waals surface area contributed by atoms with Crippen LogP contribution in [0.25, 0.3) is 0 Å². The van der Waals surface area contributed by atoms with Crippen LogP contribution in [0.1, 0.15) is 20.3 Å². The Kier molecular flexibility index (Phi) is 3.39. The Labute approximate surface area is 85.6 Å². The molecule has 14 heavy (non-hydrogen) atoms. The molecule has 0 spiro atoms. The van der Waals surface area contributed by atoms with Crippen molar-refractivity contribution < 1.29 is 9.84 Å². The van der Waals surface area contributed by atoms with Gasteiger partial charge in [-0.25, -0.2) is 0 Å². The lowest BCUT2D eigenvalue weighted by Crippen LogP contribution is -2.19. The van der Waals surface area contributed by atoms with Crippen LogP contribution in [0, 0.1) is 11.8 Å². The van der Waals surface area contributed by atoms with Gasteiger partial charge in [0.15, 0.2) is 5.76 Å². The Morgan fingerprint density at radius 2 is 2.14 bits per heavy atom. The third-order valence-electron chi connectivity index (χ3n) is 2.94. The molecule has 0 aromatic heterocycles. The zero-order valence-corrected chi connectivity index (χ0v) is 9.08. The van der Waals surface area contributed by atoms with Crippen LogP contribution < -0.4 is 0 Å². The van der Waals surface area contributed by atoms with Crippen LogP contribution in [-0.4, -0.2) is 12.2 Å². The van der Waals surface area contributed by atoms with Gasteiger partial charge in [0.2, 0.25) is 0 Å². The molecule has 1 rings (SSSR count). The predicted octanol–water partition coefficient (Wildman–Crippen LogP) is 3.19. The summed E-state index contributed by atoms with van der Waals surface area (Å²) in [7, 11) is 1.58. The maximum Gasteiger partial charge on any atom is 0.156 e. The molecule has 0 amide bonds. The standard InChI is InChI=1S/C12H18O2/c1-5-6-10-7-11(14-4)12(13)9(3)8(10)2/h5,7-9,13H,1,6H2,2-4H3. The first kappa shape index (κ1) is 10.9. The Bertz CT molecular complexity index is 287. The molecule has 0 saturated carbocycles. The average molecular weight is 194 g/mol. The van der Waals surface area contributed by atoms with Crippen LogP contribution in [0.4, 0.5) is 0 Å². The van der Waals surface area contributed by atoms with Gasteiger partial charge >= 0.3 is 0 Å². The summed E-state index contributed by atoms with van der Waals surface area (Å²) in [4.78, 5) is 0. The molecule has 1 aliphatic rings. The Morgan fingerprint density at radius 3 is 2.64 bits per heavy atom. The fourth-order valence-corrected chi connectivity index (χ4v) is 1.73. The molecular formula is C12H18O2. The number of aliphatic hydroxyl groups is 1. The number of ether oxygens (including phenoxy) is 1. The van der Waals surface area contributed by atoms with E-state index in [4.69, 9.17) is 4.74 Å². The van der Waals surface area contributed by atoms with Gasteiger partial charge in [0, 0.05) is 5.92 Å². The second-order valence-corrected chi connectivity index (χ2v) is 3.74. The third-order valence-corrected chi connectivity index (χ3v) is 2.94. The molecule has 1 aliphatic carbocycles. The minimum atomic E-state index is 0.130. The zero-order chi connectivity index (χ0) is 10.7. The van der Waals surface area contributed by atoms with E-state index < -0.39 is 0 Å². The molecule has 0 heterocycles. The van der Waals surface area contributed by atoms with E-state index in [2.05, 4.69) is 13.5 Å². The largest absolute Gasteiger partial charge is 0.508 e. The summed E-state index contributed by atoms with van der Waals surface area (Å²) in [6.45, 7) is 7.85. The van der Waals surface area contributed by atoms with E-state index in [1.807, 2.05) is 19.1 Å². The molecule has 2 unspecified atom stereocenters. The SMILES string of the molecule is C=CCC1=CC(OC)=C(O)C(C)C1C. The fraction of sp³-hybridized carbons (Fsp3) is 0.500. The second-order valence-electron chi connectivity index (χ2n) is 3.74. The van der Waals surface area contributed by atoms with E-state index >= 15 is 0 Å². The summed E-state index contributed by atoms with van der Waals surface area (Å²) in [6.07, 6.45) is 4.65. The van der Waals surface area contributed by atoms with Crippen molar-refractivity contribution in [3.8, 4) is 0 Å². The van der Waals surface area contributed by atoms with E-state index in [0.717, 1.165) is 6.42 Å². The van der Waals surface area contributed by atoms with Crippen molar-refractivity contribution in [1.29, 1.82) is 0 Å². The highest BCUT2D eigenvalue weighted by Gasteiger charge is 2.26. The summed E-state index contributed by atoms with van der Waals surface area (Å²) in [5.41, 5.74) is 1.27. The van der Waals surface area contributed by atoms with Crippen LogP contribution in [0.3, 0.4) is 0 Å². The van der Waals surface area contributed by atoms with Gasteiger partial charge in [-0.05, 0) is 18.4 Å². The first-order chi connectivity index (χ1) is 6.61. The first-order valence-electron chi connectivity index (χ1n) is 4.90. The molecule has 2 heteroatoms. The van der Waals surface area contributed by atoms with Crippen molar-refractivity contribution >= 4 is 0 Å². The van der Waals surface area contributed by atoms with E-state index in [1.54, 1.807) is 7.11 Å². The van der Waals surface area contributed by atoms with Gasteiger partial charge in [-0.3, -0.25) is 0 Å². The van der Waals surface area contributed by atoms with Crippen molar-refractivity contribution in [2.24, 2.45) is 11.8 Å². The number of hydrogen-bond donors (Lipinski definition) is 1. The number of allylic oxidation sites excluding steroid dienone is 4. The van der Waals surface area contributed by atoms with Crippen LogP contribution >= 0.6 is 0 Å². The molecule has 78 valence electrons. The Morgan fingerprint density at radius 1 is 1.50 bits per heavy atom. The summed E-state index contributed by atoms with van der Waals surface area (Å²) in [6, 6.07) is 0. The molecule has 0 radical (unpaired) electrons. The molecule has 2 nitrogen and oxygen atoms in total. The molecule has 0 fully saturated rings. The molecular weight excluding hydrogens is 176 g/mol. The second kappa shape index (κ2) is 4.36. The highest BCUT2D eigenvalue weighted by Crippen LogP contribution is 2.34. The normalized spacial score (nSPS) is 27.2. The van der Waals surface area contributed by atoms with Gasteiger partial charge in [-0.2, -0.15) is 0 Å². The summed E-state index contributed by atoms with van der Waals surface area (Å²) < 4.78 is 5.12. The summed E-state index contributed by atoms with van der Waals surface area (Å²) >= 11 is 0. The molecule has 0 aromatic carbocycles. The summed E-state index contributed by atoms with van der Waals surface area (Å²) in [5, 5.41) is 9.78.